The number of hydrogen-bond donors (Lipinski definition) is 0. The van der Waals surface area contributed by atoms with Crippen molar-refractivity contribution >= 4 is 17.9 Å². The fourth-order valence-electron chi connectivity index (χ4n) is 2.24. The van der Waals surface area contributed by atoms with Crippen LogP contribution in [-0.2, 0) is 33.3 Å². The minimum Gasteiger partial charge on any atom is -0.466 e. The predicted octanol–water partition coefficient (Wildman–Crippen LogP) is 4.13. The van der Waals surface area contributed by atoms with Crippen molar-refractivity contribution in [2.24, 2.45) is 0 Å². The molecule has 0 aliphatic carbocycles. The first-order chi connectivity index (χ1) is 13.6. The zero-order valence-corrected chi connectivity index (χ0v) is 18.6. The molecule has 0 radical (unpaired) electrons. The smallest absolute Gasteiger partial charge is 0.333 e. The van der Waals surface area contributed by atoms with Gasteiger partial charge in [0, 0.05) is 12.2 Å². The zero-order chi connectivity index (χ0) is 22.1. The highest BCUT2D eigenvalue weighted by molar-refractivity contribution is 5.86. The average Bonchev–Trinajstić information content (AvgIpc) is 2.63. The van der Waals surface area contributed by atoms with Crippen LogP contribution in [0, 0.1) is 0 Å². The fraction of sp³-hybridized carbons (Fsp3) is 0.773. The molecule has 0 aliphatic heterocycles. The Kier molecular flexibility index (Phi) is 14.9. The molecule has 0 bridgehead atoms. The Morgan fingerprint density at radius 2 is 1.14 bits per heavy atom. The Morgan fingerprint density at radius 3 is 1.66 bits per heavy atom. The third-order valence-corrected chi connectivity index (χ3v) is 3.80. The van der Waals surface area contributed by atoms with E-state index in [0.717, 1.165) is 45.1 Å². The van der Waals surface area contributed by atoms with E-state index in [9.17, 15) is 14.4 Å². The molecular formula is C22H38O7. The minimum atomic E-state index is -0.529. The summed E-state index contributed by atoms with van der Waals surface area (Å²) in [5.41, 5.74) is 0.213. The zero-order valence-electron chi connectivity index (χ0n) is 18.6. The standard InChI is InChI=1S/C22H38O7/c1-18(2)21(25)28-17-16-27-20(24)13-12-19(23)26-14-10-8-6-7-9-11-15-29-22(3,4)5/h1,6-17H2,2-5H3. The van der Waals surface area contributed by atoms with Gasteiger partial charge in [-0.2, -0.15) is 0 Å². The molecule has 0 unspecified atom stereocenters. The summed E-state index contributed by atoms with van der Waals surface area (Å²) in [6.45, 7) is 12.2. The molecule has 0 aromatic carbocycles. The van der Waals surface area contributed by atoms with Gasteiger partial charge < -0.3 is 18.9 Å². The highest BCUT2D eigenvalue weighted by Gasteiger charge is 2.10. The highest BCUT2D eigenvalue weighted by atomic mass is 16.6. The predicted molar refractivity (Wildman–Crippen MR) is 110 cm³/mol. The van der Waals surface area contributed by atoms with E-state index in [1.54, 1.807) is 0 Å². The first kappa shape index (κ1) is 27.1. The van der Waals surface area contributed by atoms with Gasteiger partial charge >= 0.3 is 17.9 Å². The van der Waals surface area contributed by atoms with Crippen molar-refractivity contribution < 1.29 is 33.3 Å². The van der Waals surface area contributed by atoms with Gasteiger partial charge in [0.1, 0.15) is 13.2 Å². The summed E-state index contributed by atoms with van der Waals surface area (Å²) in [5, 5.41) is 0. The van der Waals surface area contributed by atoms with Crippen molar-refractivity contribution in [2.45, 2.75) is 84.7 Å². The lowest BCUT2D eigenvalue weighted by atomic mass is 10.1. The van der Waals surface area contributed by atoms with Crippen LogP contribution in [0.2, 0.25) is 0 Å². The summed E-state index contributed by atoms with van der Waals surface area (Å²) in [6, 6.07) is 0. The molecule has 0 aromatic rings. The van der Waals surface area contributed by atoms with Crippen molar-refractivity contribution in [2.75, 3.05) is 26.4 Å². The summed E-state index contributed by atoms with van der Waals surface area (Å²) in [4.78, 5) is 34.2. The third-order valence-electron chi connectivity index (χ3n) is 3.80. The molecule has 0 saturated heterocycles. The van der Waals surface area contributed by atoms with Gasteiger partial charge in [-0.25, -0.2) is 4.79 Å². The Balaban J connectivity index is 3.46. The topological polar surface area (TPSA) is 88.1 Å². The van der Waals surface area contributed by atoms with E-state index in [0.29, 0.717) is 6.61 Å². The molecule has 0 heterocycles. The maximum Gasteiger partial charge on any atom is 0.333 e. The van der Waals surface area contributed by atoms with Crippen molar-refractivity contribution in [3.63, 3.8) is 0 Å². The lowest BCUT2D eigenvalue weighted by Gasteiger charge is -2.19. The normalized spacial score (nSPS) is 11.0. The van der Waals surface area contributed by atoms with E-state index < -0.39 is 17.9 Å². The van der Waals surface area contributed by atoms with Crippen LogP contribution in [0.15, 0.2) is 12.2 Å². The third kappa shape index (κ3) is 19.2. The van der Waals surface area contributed by atoms with Crippen LogP contribution in [-0.4, -0.2) is 49.9 Å². The molecule has 0 aliphatic rings. The maximum atomic E-state index is 11.6. The number of rotatable bonds is 16. The van der Waals surface area contributed by atoms with Crippen LogP contribution in [0.5, 0.6) is 0 Å². The summed E-state index contributed by atoms with van der Waals surface area (Å²) in [6.07, 6.45) is 6.23. The number of esters is 3. The second-order valence-corrected chi connectivity index (χ2v) is 7.94. The average molecular weight is 415 g/mol. The van der Waals surface area contributed by atoms with Gasteiger partial charge in [-0.3, -0.25) is 9.59 Å². The Hall–Kier alpha value is -1.89. The summed E-state index contributed by atoms with van der Waals surface area (Å²) >= 11 is 0. The van der Waals surface area contributed by atoms with Crippen molar-refractivity contribution in [1.82, 2.24) is 0 Å². The number of carbonyl (C=O) groups excluding carboxylic acids is 3. The van der Waals surface area contributed by atoms with Gasteiger partial charge in [0.15, 0.2) is 0 Å². The molecule has 0 atom stereocenters. The molecule has 0 saturated carbocycles. The van der Waals surface area contributed by atoms with Gasteiger partial charge in [-0.15, -0.1) is 0 Å². The fourth-order valence-corrected chi connectivity index (χ4v) is 2.24. The highest BCUT2D eigenvalue weighted by Crippen LogP contribution is 2.10. The molecule has 0 amide bonds. The van der Waals surface area contributed by atoms with Crippen LogP contribution >= 0.6 is 0 Å². The number of carbonyl (C=O) groups is 3. The first-order valence-corrected chi connectivity index (χ1v) is 10.4. The second kappa shape index (κ2) is 16.0. The van der Waals surface area contributed by atoms with Crippen molar-refractivity contribution in [3.8, 4) is 0 Å². The quantitative estimate of drug-likeness (QED) is 0.162. The van der Waals surface area contributed by atoms with Gasteiger partial charge in [0.05, 0.1) is 25.0 Å². The van der Waals surface area contributed by atoms with Gasteiger partial charge in [0.2, 0.25) is 0 Å². The van der Waals surface area contributed by atoms with E-state index in [-0.39, 0.29) is 37.2 Å². The van der Waals surface area contributed by atoms with E-state index in [2.05, 4.69) is 27.4 Å². The maximum absolute atomic E-state index is 11.6. The molecule has 0 rings (SSSR count). The van der Waals surface area contributed by atoms with Gasteiger partial charge in [0.25, 0.3) is 0 Å². The van der Waals surface area contributed by atoms with E-state index in [4.69, 9.17) is 18.9 Å². The molecule has 0 spiro atoms. The lowest BCUT2D eigenvalue weighted by Crippen LogP contribution is -2.19. The summed E-state index contributed by atoms with van der Waals surface area (Å²) in [7, 11) is 0. The molecule has 0 N–H and O–H groups in total. The number of hydrogen-bond acceptors (Lipinski definition) is 7. The Labute approximate surface area is 175 Å². The molecule has 0 fully saturated rings. The molecule has 168 valence electrons. The largest absolute Gasteiger partial charge is 0.466 e. The molecule has 7 nitrogen and oxygen atoms in total. The van der Waals surface area contributed by atoms with Gasteiger partial charge in [-0.05, 0) is 40.5 Å². The van der Waals surface area contributed by atoms with Crippen LogP contribution in [0.25, 0.3) is 0 Å². The molecule has 7 heteroatoms. The molecule has 0 aromatic heterocycles. The second-order valence-electron chi connectivity index (χ2n) is 7.94. The van der Waals surface area contributed by atoms with E-state index >= 15 is 0 Å². The molecule has 29 heavy (non-hydrogen) atoms. The first-order valence-electron chi connectivity index (χ1n) is 10.4. The van der Waals surface area contributed by atoms with Crippen LogP contribution in [0.3, 0.4) is 0 Å². The molecular weight excluding hydrogens is 376 g/mol. The monoisotopic (exact) mass is 414 g/mol. The summed E-state index contributed by atoms with van der Waals surface area (Å²) in [5.74, 6) is -1.46. The summed E-state index contributed by atoms with van der Waals surface area (Å²) < 4.78 is 20.5. The Bertz CT molecular complexity index is 506. The lowest BCUT2D eigenvalue weighted by molar-refractivity contribution is -0.153. The van der Waals surface area contributed by atoms with Crippen LogP contribution in [0.4, 0.5) is 0 Å². The SMILES string of the molecule is C=C(C)C(=O)OCCOC(=O)CCC(=O)OCCCCCCCCOC(C)(C)C. The van der Waals surface area contributed by atoms with Crippen LogP contribution in [0.1, 0.15) is 79.1 Å². The van der Waals surface area contributed by atoms with Gasteiger partial charge in [-0.1, -0.05) is 32.3 Å². The van der Waals surface area contributed by atoms with Crippen molar-refractivity contribution in [3.05, 3.63) is 12.2 Å². The number of ether oxygens (including phenoxy) is 4. The Morgan fingerprint density at radius 1 is 0.690 bits per heavy atom. The van der Waals surface area contributed by atoms with E-state index in [1.165, 1.54) is 6.92 Å². The van der Waals surface area contributed by atoms with Crippen LogP contribution < -0.4 is 0 Å². The minimum absolute atomic E-state index is 0.0157. The number of unbranched alkanes of at least 4 members (excludes halogenated alkanes) is 5. The van der Waals surface area contributed by atoms with Crippen molar-refractivity contribution in [1.29, 1.82) is 0 Å². The van der Waals surface area contributed by atoms with E-state index in [1.807, 2.05) is 0 Å².